The van der Waals surface area contributed by atoms with Crippen LogP contribution in [0.5, 0.6) is 5.75 Å². The molecule has 2 aromatic rings. The minimum Gasteiger partial charge on any atom is -0.496 e. The molecule has 5 nitrogen and oxygen atoms in total. The predicted octanol–water partition coefficient (Wildman–Crippen LogP) is 3.23. The van der Waals surface area contributed by atoms with Crippen LogP contribution < -0.4 is 9.64 Å². The molecule has 1 spiro atoms. The third-order valence-electron chi connectivity index (χ3n) is 5.72. The van der Waals surface area contributed by atoms with Crippen molar-refractivity contribution in [2.45, 2.75) is 25.0 Å². The van der Waals surface area contributed by atoms with Crippen molar-refractivity contribution in [3.63, 3.8) is 0 Å². The standard InChI is InChI=1S/C22H25FN2O3/c1-27-20-8-7-18(23)13-17(20)14-24-11-9-22(10-12-24)16-25(21(26)15-28-22)19-5-3-2-4-6-19/h2-8,13H,9-12,14-16H2,1H3. The van der Waals surface area contributed by atoms with Crippen molar-refractivity contribution in [2.24, 2.45) is 0 Å². The smallest absolute Gasteiger partial charge is 0.253 e. The van der Waals surface area contributed by atoms with Gasteiger partial charge in [-0.05, 0) is 43.2 Å². The van der Waals surface area contributed by atoms with Gasteiger partial charge in [-0.25, -0.2) is 4.39 Å². The lowest BCUT2D eigenvalue weighted by Crippen LogP contribution is -2.58. The number of amides is 1. The number of rotatable bonds is 4. The summed E-state index contributed by atoms with van der Waals surface area (Å²) in [5, 5.41) is 0. The molecule has 0 atom stereocenters. The lowest BCUT2D eigenvalue weighted by Gasteiger charge is -2.47. The number of ether oxygens (including phenoxy) is 2. The maximum atomic E-state index is 13.6. The van der Waals surface area contributed by atoms with Gasteiger partial charge in [0.05, 0.1) is 19.3 Å². The summed E-state index contributed by atoms with van der Waals surface area (Å²) >= 11 is 0. The summed E-state index contributed by atoms with van der Waals surface area (Å²) in [6.07, 6.45) is 1.67. The molecule has 0 radical (unpaired) electrons. The Morgan fingerprint density at radius 2 is 1.89 bits per heavy atom. The van der Waals surface area contributed by atoms with Gasteiger partial charge in [0.15, 0.2) is 0 Å². The molecule has 2 aliphatic rings. The Bertz CT molecular complexity index is 835. The number of likely N-dealkylation sites (tertiary alicyclic amines) is 1. The van der Waals surface area contributed by atoms with E-state index in [1.54, 1.807) is 13.2 Å². The molecule has 0 aliphatic carbocycles. The molecule has 0 bridgehead atoms. The molecule has 0 unspecified atom stereocenters. The van der Waals surface area contributed by atoms with Gasteiger partial charge in [-0.2, -0.15) is 0 Å². The van der Waals surface area contributed by atoms with Crippen molar-refractivity contribution in [1.82, 2.24) is 4.90 Å². The number of para-hydroxylation sites is 1. The first-order valence-electron chi connectivity index (χ1n) is 9.63. The van der Waals surface area contributed by atoms with Gasteiger partial charge in [0, 0.05) is 30.9 Å². The number of methoxy groups -OCH3 is 1. The molecular weight excluding hydrogens is 359 g/mol. The SMILES string of the molecule is COc1ccc(F)cc1CN1CCC2(CC1)CN(c1ccccc1)C(=O)CO2. The first-order valence-corrected chi connectivity index (χ1v) is 9.63. The van der Waals surface area contributed by atoms with Gasteiger partial charge in [0.1, 0.15) is 18.2 Å². The maximum Gasteiger partial charge on any atom is 0.253 e. The average molecular weight is 384 g/mol. The number of nitrogens with zero attached hydrogens (tertiary/aromatic N) is 2. The summed E-state index contributed by atoms with van der Waals surface area (Å²) in [7, 11) is 1.60. The average Bonchev–Trinajstić information content (AvgIpc) is 2.73. The minimum absolute atomic E-state index is 0.00347. The Hall–Kier alpha value is -2.44. The number of hydrogen-bond acceptors (Lipinski definition) is 4. The van der Waals surface area contributed by atoms with E-state index in [1.165, 1.54) is 12.1 Å². The van der Waals surface area contributed by atoms with E-state index in [0.29, 0.717) is 18.8 Å². The van der Waals surface area contributed by atoms with Crippen LogP contribution in [0.2, 0.25) is 0 Å². The fourth-order valence-electron chi connectivity index (χ4n) is 4.09. The molecule has 0 N–H and O–H groups in total. The molecule has 0 aromatic heterocycles. The van der Waals surface area contributed by atoms with E-state index in [4.69, 9.17) is 9.47 Å². The number of carbonyl (C=O) groups excluding carboxylic acids is 1. The zero-order chi connectivity index (χ0) is 19.6. The van der Waals surface area contributed by atoms with Crippen molar-refractivity contribution in [3.8, 4) is 5.75 Å². The van der Waals surface area contributed by atoms with Crippen LogP contribution in [0.4, 0.5) is 10.1 Å². The molecule has 2 aliphatic heterocycles. The Morgan fingerprint density at radius 3 is 2.61 bits per heavy atom. The van der Waals surface area contributed by atoms with Crippen LogP contribution in [-0.2, 0) is 16.1 Å². The highest BCUT2D eigenvalue weighted by molar-refractivity contribution is 5.95. The predicted molar refractivity (Wildman–Crippen MR) is 105 cm³/mol. The number of morpholine rings is 1. The van der Waals surface area contributed by atoms with Crippen LogP contribution in [0, 0.1) is 5.82 Å². The van der Waals surface area contributed by atoms with Crippen molar-refractivity contribution in [1.29, 1.82) is 0 Å². The second-order valence-electron chi connectivity index (χ2n) is 7.52. The second kappa shape index (κ2) is 7.89. The Labute approximate surface area is 164 Å². The van der Waals surface area contributed by atoms with Crippen LogP contribution >= 0.6 is 0 Å². The third kappa shape index (κ3) is 3.88. The second-order valence-corrected chi connectivity index (χ2v) is 7.52. The molecule has 2 fully saturated rings. The van der Waals surface area contributed by atoms with Crippen LogP contribution in [0.3, 0.4) is 0 Å². The monoisotopic (exact) mass is 384 g/mol. The minimum atomic E-state index is -0.313. The van der Waals surface area contributed by atoms with Gasteiger partial charge in [0.25, 0.3) is 5.91 Å². The maximum absolute atomic E-state index is 13.6. The largest absolute Gasteiger partial charge is 0.496 e. The van der Waals surface area contributed by atoms with Crippen LogP contribution in [-0.4, -0.2) is 49.8 Å². The summed E-state index contributed by atoms with van der Waals surface area (Å²) in [5.41, 5.74) is 1.46. The van der Waals surface area contributed by atoms with Gasteiger partial charge in [-0.3, -0.25) is 9.69 Å². The highest BCUT2D eigenvalue weighted by Crippen LogP contribution is 2.33. The fourth-order valence-corrected chi connectivity index (χ4v) is 4.09. The van der Waals surface area contributed by atoms with Crippen molar-refractivity contribution in [2.75, 3.05) is 38.3 Å². The van der Waals surface area contributed by atoms with Crippen LogP contribution in [0.15, 0.2) is 48.5 Å². The van der Waals surface area contributed by atoms with Gasteiger partial charge >= 0.3 is 0 Å². The van der Waals surface area contributed by atoms with E-state index in [-0.39, 0.29) is 23.9 Å². The van der Waals surface area contributed by atoms with E-state index in [9.17, 15) is 9.18 Å². The Kier molecular flexibility index (Phi) is 5.33. The van der Waals surface area contributed by atoms with Gasteiger partial charge in [-0.1, -0.05) is 18.2 Å². The Balaban J connectivity index is 1.42. The highest BCUT2D eigenvalue weighted by atomic mass is 19.1. The number of halogens is 1. The molecule has 1 amide bonds. The number of anilines is 1. The normalized spacial score (nSPS) is 19.8. The third-order valence-corrected chi connectivity index (χ3v) is 5.72. The number of benzene rings is 2. The van der Waals surface area contributed by atoms with E-state index >= 15 is 0 Å². The number of carbonyl (C=O) groups is 1. The quantitative estimate of drug-likeness (QED) is 0.812. The van der Waals surface area contributed by atoms with Gasteiger partial charge in [0.2, 0.25) is 0 Å². The molecule has 2 heterocycles. The molecule has 2 saturated heterocycles. The number of piperidine rings is 1. The van der Waals surface area contributed by atoms with Crippen LogP contribution in [0.1, 0.15) is 18.4 Å². The van der Waals surface area contributed by atoms with E-state index < -0.39 is 0 Å². The van der Waals surface area contributed by atoms with E-state index in [1.807, 2.05) is 35.2 Å². The van der Waals surface area contributed by atoms with Crippen LogP contribution in [0.25, 0.3) is 0 Å². The summed E-state index contributed by atoms with van der Waals surface area (Å²) < 4.78 is 25.0. The molecule has 2 aromatic carbocycles. The molecule has 6 heteroatoms. The molecule has 148 valence electrons. The fraction of sp³-hybridized carbons (Fsp3) is 0.409. The van der Waals surface area contributed by atoms with Gasteiger partial charge < -0.3 is 14.4 Å². The lowest BCUT2D eigenvalue weighted by molar-refractivity contribution is -0.145. The zero-order valence-electron chi connectivity index (χ0n) is 16.1. The first-order chi connectivity index (χ1) is 13.6. The van der Waals surface area contributed by atoms with E-state index in [0.717, 1.165) is 37.2 Å². The van der Waals surface area contributed by atoms with Crippen molar-refractivity contribution >= 4 is 11.6 Å². The van der Waals surface area contributed by atoms with Crippen molar-refractivity contribution < 1.29 is 18.7 Å². The Morgan fingerprint density at radius 1 is 1.14 bits per heavy atom. The summed E-state index contributed by atoms with van der Waals surface area (Å²) in [5.74, 6) is 0.456. The summed E-state index contributed by atoms with van der Waals surface area (Å²) in [6, 6.07) is 14.4. The molecular formula is C22H25FN2O3. The van der Waals surface area contributed by atoms with Gasteiger partial charge in [-0.15, -0.1) is 0 Å². The molecule has 0 saturated carbocycles. The molecule has 28 heavy (non-hydrogen) atoms. The topological polar surface area (TPSA) is 42.0 Å². The molecule has 4 rings (SSSR count). The number of hydrogen-bond donors (Lipinski definition) is 0. The summed E-state index contributed by atoms with van der Waals surface area (Å²) in [6.45, 7) is 2.99. The first kappa shape index (κ1) is 18.9. The highest BCUT2D eigenvalue weighted by Gasteiger charge is 2.42. The lowest BCUT2D eigenvalue weighted by atomic mass is 9.88. The summed E-state index contributed by atoms with van der Waals surface area (Å²) in [4.78, 5) is 16.5. The van der Waals surface area contributed by atoms with Crippen molar-refractivity contribution in [3.05, 3.63) is 59.9 Å². The van der Waals surface area contributed by atoms with E-state index in [2.05, 4.69) is 4.90 Å². The zero-order valence-corrected chi connectivity index (χ0v) is 16.1.